The summed E-state index contributed by atoms with van der Waals surface area (Å²) in [6.07, 6.45) is -4.54. The summed E-state index contributed by atoms with van der Waals surface area (Å²) in [6.45, 7) is 1.67. The lowest BCUT2D eigenvalue weighted by Crippen LogP contribution is -2.32. The van der Waals surface area contributed by atoms with Crippen molar-refractivity contribution in [1.82, 2.24) is 10.6 Å². The molecule has 7 nitrogen and oxygen atoms in total. The van der Waals surface area contributed by atoms with Crippen LogP contribution in [0.4, 0.5) is 24.7 Å². The summed E-state index contributed by atoms with van der Waals surface area (Å²) in [5.74, 6) is -0.297. The molecule has 0 atom stereocenters. The molecule has 0 aliphatic carbocycles. The number of rotatable bonds is 7. The van der Waals surface area contributed by atoms with Gasteiger partial charge in [-0.3, -0.25) is 20.4 Å². The van der Waals surface area contributed by atoms with Gasteiger partial charge in [0.2, 0.25) is 11.8 Å². The van der Waals surface area contributed by atoms with Gasteiger partial charge < -0.3 is 9.84 Å². The lowest BCUT2D eigenvalue weighted by atomic mass is 10.2. The Morgan fingerprint density at radius 3 is 2.54 bits per heavy atom. The molecule has 1 aromatic carbocycles. The minimum atomic E-state index is -4.54. The first kappa shape index (κ1) is 19.6. The molecule has 0 aliphatic heterocycles. The van der Waals surface area contributed by atoms with Crippen molar-refractivity contribution in [2.24, 2.45) is 0 Å². The lowest BCUT2D eigenvalue weighted by molar-refractivity contribution is -0.137. The van der Waals surface area contributed by atoms with Gasteiger partial charge in [0.05, 0.1) is 22.8 Å². The van der Waals surface area contributed by atoms with Crippen LogP contribution >= 0.6 is 11.8 Å². The van der Waals surface area contributed by atoms with E-state index in [0.717, 1.165) is 17.8 Å². The monoisotopic (exact) mass is 388 g/mol. The SMILES string of the molecule is Cc1cc(NC(=O)CSCC(=O)NNc2ccccc2C(F)(F)F)no1. The predicted molar refractivity (Wildman–Crippen MR) is 90.4 cm³/mol. The number of aromatic nitrogens is 1. The van der Waals surface area contributed by atoms with Crippen LogP contribution in [0.25, 0.3) is 0 Å². The molecule has 0 aliphatic rings. The van der Waals surface area contributed by atoms with E-state index in [1.807, 2.05) is 0 Å². The van der Waals surface area contributed by atoms with E-state index in [4.69, 9.17) is 4.52 Å². The Labute approximate surface area is 150 Å². The zero-order chi connectivity index (χ0) is 19.2. The van der Waals surface area contributed by atoms with Gasteiger partial charge in [-0.1, -0.05) is 17.3 Å². The highest BCUT2D eigenvalue weighted by Gasteiger charge is 2.33. The Bertz CT molecular complexity index is 779. The van der Waals surface area contributed by atoms with Gasteiger partial charge in [-0.05, 0) is 19.1 Å². The largest absolute Gasteiger partial charge is 0.418 e. The quantitative estimate of drug-likeness (QED) is 0.632. The van der Waals surface area contributed by atoms with Crippen molar-refractivity contribution < 1.29 is 27.3 Å². The number of hydrazine groups is 1. The predicted octanol–water partition coefficient (Wildman–Crippen LogP) is 2.82. The van der Waals surface area contributed by atoms with E-state index in [-0.39, 0.29) is 28.9 Å². The Hall–Kier alpha value is -2.69. The van der Waals surface area contributed by atoms with Gasteiger partial charge >= 0.3 is 6.18 Å². The van der Waals surface area contributed by atoms with Crippen LogP contribution in [0.2, 0.25) is 0 Å². The maximum atomic E-state index is 12.8. The van der Waals surface area contributed by atoms with E-state index in [1.54, 1.807) is 6.92 Å². The number of carbonyl (C=O) groups is 2. The van der Waals surface area contributed by atoms with Crippen molar-refractivity contribution in [1.29, 1.82) is 0 Å². The van der Waals surface area contributed by atoms with E-state index >= 15 is 0 Å². The number of anilines is 2. The van der Waals surface area contributed by atoms with Gasteiger partial charge in [-0.15, -0.1) is 11.8 Å². The number of benzene rings is 1. The molecule has 0 saturated carbocycles. The summed E-state index contributed by atoms with van der Waals surface area (Å²) in [7, 11) is 0. The van der Waals surface area contributed by atoms with Crippen LogP contribution in [0.15, 0.2) is 34.9 Å². The second kappa shape index (κ2) is 8.61. The Balaban J connectivity index is 1.73. The number of halogens is 3. The lowest BCUT2D eigenvalue weighted by Gasteiger charge is -2.14. The molecule has 1 aromatic heterocycles. The molecule has 2 amide bonds. The fraction of sp³-hybridized carbons (Fsp3) is 0.267. The number of thioether (sulfide) groups is 1. The molecule has 2 aromatic rings. The Morgan fingerprint density at radius 1 is 1.19 bits per heavy atom. The molecule has 0 unspecified atom stereocenters. The summed E-state index contributed by atoms with van der Waals surface area (Å²) in [4.78, 5) is 23.3. The second-order valence-corrected chi connectivity index (χ2v) is 6.07. The normalized spacial score (nSPS) is 11.1. The first-order valence-corrected chi connectivity index (χ1v) is 8.43. The number of alkyl halides is 3. The molecule has 26 heavy (non-hydrogen) atoms. The third-order valence-electron chi connectivity index (χ3n) is 2.93. The van der Waals surface area contributed by atoms with E-state index in [9.17, 15) is 22.8 Å². The van der Waals surface area contributed by atoms with Crippen molar-refractivity contribution in [2.75, 3.05) is 22.2 Å². The summed E-state index contributed by atoms with van der Waals surface area (Å²) in [5, 5.41) is 6.07. The fourth-order valence-corrected chi connectivity index (χ4v) is 2.47. The summed E-state index contributed by atoms with van der Waals surface area (Å²) in [5.41, 5.74) is 3.25. The molecule has 2 rings (SSSR count). The summed E-state index contributed by atoms with van der Waals surface area (Å²) < 4.78 is 43.3. The number of nitrogens with one attached hydrogen (secondary N) is 3. The molecule has 140 valence electrons. The molecule has 0 fully saturated rings. The average molecular weight is 388 g/mol. The molecule has 3 N–H and O–H groups in total. The number of nitrogens with zero attached hydrogens (tertiary/aromatic N) is 1. The number of amides is 2. The van der Waals surface area contributed by atoms with Crippen LogP contribution in [-0.2, 0) is 15.8 Å². The van der Waals surface area contributed by atoms with Crippen molar-refractivity contribution in [2.45, 2.75) is 13.1 Å². The zero-order valence-electron chi connectivity index (χ0n) is 13.5. The number of aryl methyl sites for hydroxylation is 1. The van der Waals surface area contributed by atoms with Crippen molar-refractivity contribution in [3.8, 4) is 0 Å². The fourth-order valence-electron chi connectivity index (χ4n) is 1.85. The second-order valence-electron chi connectivity index (χ2n) is 5.08. The van der Waals surface area contributed by atoms with Crippen LogP contribution in [0, 0.1) is 6.92 Å². The maximum Gasteiger partial charge on any atom is 0.418 e. The number of para-hydroxylation sites is 1. The Kier molecular flexibility index (Phi) is 6.50. The molecular formula is C15H15F3N4O3S. The minimum Gasteiger partial charge on any atom is -0.360 e. The van der Waals surface area contributed by atoms with Crippen LogP contribution in [0.5, 0.6) is 0 Å². The van der Waals surface area contributed by atoms with Gasteiger partial charge in [-0.25, -0.2) is 0 Å². The summed E-state index contributed by atoms with van der Waals surface area (Å²) in [6, 6.07) is 6.30. The van der Waals surface area contributed by atoms with Gasteiger partial charge in [0.25, 0.3) is 0 Å². The van der Waals surface area contributed by atoms with Gasteiger partial charge in [0.1, 0.15) is 5.76 Å². The van der Waals surface area contributed by atoms with Crippen LogP contribution in [0.3, 0.4) is 0 Å². The average Bonchev–Trinajstić information content (AvgIpc) is 2.97. The third-order valence-corrected chi connectivity index (χ3v) is 3.86. The standard InChI is InChI=1S/C15H15F3N4O3S/c1-9-6-12(22-25-9)19-13(23)7-26-8-14(24)21-20-11-5-3-2-4-10(11)15(16,17)18/h2-6,20H,7-8H2,1H3,(H,21,24)(H,19,22,23). The number of hydrogen-bond donors (Lipinski definition) is 3. The topological polar surface area (TPSA) is 96.3 Å². The van der Waals surface area contributed by atoms with Crippen LogP contribution in [0.1, 0.15) is 11.3 Å². The molecule has 1 heterocycles. The van der Waals surface area contributed by atoms with Gasteiger partial charge in [0, 0.05) is 6.07 Å². The molecule has 11 heteroatoms. The molecule has 0 bridgehead atoms. The minimum absolute atomic E-state index is 0.0293. The molecule has 0 saturated heterocycles. The summed E-state index contributed by atoms with van der Waals surface area (Å²) >= 11 is 0.996. The first-order valence-electron chi connectivity index (χ1n) is 7.27. The Morgan fingerprint density at radius 2 is 1.88 bits per heavy atom. The number of carbonyl (C=O) groups excluding carboxylic acids is 2. The maximum absolute atomic E-state index is 12.8. The highest BCUT2D eigenvalue weighted by atomic mass is 32.2. The first-order chi connectivity index (χ1) is 12.3. The third kappa shape index (κ3) is 5.99. The van der Waals surface area contributed by atoms with Gasteiger partial charge in [-0.2, -0.15) is 13.2 Å². The highest BCUT2D eigenvalue weighted by molar-refractivity contribution is 8.00. The van der Waals surface area contributed by atoms with E-state index in [0.29, 0.717) is 5.76 Å². The smallest absolute Gasteiger partial charge is 0.360 e. The number of hydrogen-bond acceptors (Lipinski definition) is 6. The molecular weight excluding hydrogens is 373 g/mol. The highest BCUT2D eigenvalue weighted by Crippen LogP contribution is 2.34. The zero-order valence-corrected chi connectivity index (χ0v) is 14.3. The van der Waals surface area contributed by atoms with E-state index in [2.05, 4.69) is 21.3 Å². The van der Waals surface area contributed by atoms with Crippen molar-refractivity contribution in [3.05, 3.63) is 41.7 Å². The van der Waals surface area contributed by atoms with Crippen molar-refractivity contribution in [3.63, 3.8) is 0 Å². The van der Waals surface area contributed by atoms with Crippen LogP contribution < -0.4 is 16.2 Å². The van der Waals surface area contributed by atoms with E-state index < -0.39 is 17.6 Å². The molecule has 0 radical (unpaired) electrons. The van der Waals surface area contributed by atoms with Gasteiger partial charge in [0.15, 0.2) is 5.82 Å². The molecule has 0 spiro atoms. The van der Waals surface area contributed by atoms with Crippen molar-refractivity contribution >= 4 is 35.1 Å². The van der Waals surface area contributed by atoms with E-state index in [1.165, 1.54) is 24.3 Å². The van der Waals surface area contributed by atoms with Crippen LogP contribution in [-0.4, -0.2) is 28.5 Å².